The fraction of sp³-hybridized carbons (Fsp3) is 0.529. The fourth-order valence-corrected chi connectivity index (χ4v) is 3.09. The normalized spacial score (nSPS) is 19.0. The summed E-state index contributed by atoms with van der Waals surface area (Å²) in [5, 5.41) is 13.3. The molecule has 6 nitrogen and oxygen atoms in total. The average molecular weight is 317 g/mol. The molecular weight excluding hydrogens is 294 g/mol. The predicted molar refractivity (Wildman–Crippen MR) is 86.0 cm³/mol. The Morgan fingerprint density at radius 1 is 1.30 bits per heavy atom. The van der Waals surface area contributed by atoms with Crippen LogP contribution in [0.1, 0.15) is 31.6 Å². The smallest absolute Gasteiger partial charge is 0.241 e. The Morgan fingerprint density at radius 3 is 2.87 bits per heavy atom. The number of ether oxygens (including phenoxy) is 1. The van der Waals surface area contributed by atoms with Crippen molar-refractivity contribution in [2.24, 2.45) is 0 Å². The number of likely N-dealkylation sites (tertiary alicyclic amines) is 1. The van der Waals surface area contributed by atoms with Gasteiger partial charge in [-0.1, -0.05) is 11.6 Å². The van der Waals surface area contributed by atoms with Crippen molar-refractivity contribution in [1.29, 1.82) is 0 Å². The number of benzene rings is 1. The molecule has 1 aromatic carbocycles. The number of aromatic nitrogens is 2. The minimum absolute atomic E-state index is 0.224. The van der Waals surface area contributed by atoms with Gasteiger partial charge in [-0.3, -0.25) is 4.90 Å². The van der Waals surface area contributed by atoms with E-state index in [0.29, 0.717) is 24.3 Å². The van der Waals surface area contributed by atoms with Crippen LogP contribution in [0.2, 0.25) is 0 Å². The van der Waals surface area contributed by atoms with Crippen LogP contribution in [0.15, 0.2) is 28.8 Å². The summed E-state index contributed by atoms with van der Waals surface area (Å²) in [6, 6.07) is 8.01. The molecule has 0 amide bonds. The first kappa shape index (κ1) is 16.0. The zero-order valence-electron chi connectivity index (χ0n) is 13.4. The molecule has 124 valence electrons. The fourth-order valence-electron chi connectivity index (χ4n) is 3.09. The number of methoxy groups -OCH3 is 1. The molecule has 1 aliphatic heterocycles. The first-order chi connectivity index (χ1) is 11.3. The molecule has 1 fully saturated rings. The summed E-state index contributed by atoms with van der Waals surface area (Å²) in [7, 11) is 1.64. The largest absolute Gasteiger partial charge is 0.497 e. The van der Waals surface area contributed by atoms with Crippen LogP contribution in [-0.4, -0.2) is 46.5 Å². The van der Waals surface area contributed by atoms with Crippen molar-refractivity contribution in [1.82, 2.24) is 15.0 Å². The lowest BCUT2D eigenvalue weighted by molar-refractivity contribution is 0.100. The summed E-state index contributed by atoms with van der Waals surface area (Å²) in [5.41, 5.74) is 0.909. The Kier molecular flexibility index (Phi) is 5.25. The Morgan fingerprint density at radius 2 is 2.13 bits per heavy atom. The molecule has 1 aromatic heterocycles. The molecule has 2 aromatic rings. The van der Waals surface area contributed by atoms with E-state index in [0.717, 1.165) is 30.7 Å². The second-order valence-corrected chi connectivity index (χ2v) is 5.87. The van der Waals surface area contributed by atoms with Crippen molar-refractivity contribution < 1.29 is 14.4 Å². The Hall–Kier alpha value is -1.92. The third-order valence-corrected chi connectivity index (χ3v) is 4.37. The molecule has 1 saturated heterocycles. The van der Waals surface area contributed by atoms with Gasteiger partial charge in [0, 0.05) is 18.2 Å². The number of rotatable bonds is 6. The lowest BCUT2D eigenvalue weighted by atomic mass is 10.00. The molecule has 23 heavy (non-hydrogen) atoms. The minimum Gasteiger partial charge on any atom is -0.497 e. The van der Waals surface area contributed by atoms with Gasteiger partial charge in [-0.05, 0) is 50.1 Å². The topological polar surface area (TPSA) is 71.6 Å². The Bertz CT molecular complexity index is 610. The summed E-state index contributed by atoms with van der Waals surface area (Å²) in [5.74, 6) is 2.02. The quantitative estimate of drug-likeness (QED) is 0.882. The van der Waals surface area contributed by atoms with E-state index in [1.54, 1.807) is 7.11 Å². The van der Waals surface area contributed by atoms with Crippen molar-refractivity contribution in [3.8, 4) is 17.1 Å². The van der Waals surface area contributed by atoms with E-state index in [4.69, 9.17) is 9.26 Å². The number of nitrogens with zero attached hydrogens (tertiary/aromatic N) is 3. The molecule has 0 radical (unpaired) electrons. The first-order valence-corrected chi connectivity index (χ1v) is 8.12. The van der Waals surface area contributed by atoms with Crippen molar-refractivity contribution in [2.75, 3.05) is 20.3 Å². The van der Waals surface area contributed by atoms with Gasteiger partial charge in [0.2, 0.25) is 11.7 Å². The van der Waals surface area contributed by atoms with Gasteiger partial charge in [-0.15, -0.1) is 0 Å². The van der Waals surface area contributed by atoms with Crippen LogP contribution >= 0.6 is 0 Å². The van der Waals surface area contributed by atoms with Gasteiger partial charge in [0.05, 0.1) is 13.7 Å². The lowest BCUT2D eigenvalue weighted by Gasteiger charge is -2.34. The number of aliphatic hydroxyl groups is 1. The predicted octanol–water partition coefficient (Wildman–Crippen LogP) is 2.48. The molecule has 0 saturated carbocycles. The summed E-state index contributed by atoms with van der Waals surface area (Å²) in [4.78, 5) is 6.84. The van der Waals surface area contributed by atoms with Crippen LogP contribution in [0, 0.1) is 0 Å². The maximum absolute atomic E-state index is 9.21. The monoisotopic (exact) mass is 317 g/mol. The van der Waals surface area contributed by atoms with E-state index < -0.39 is 0 Å². The van der Waals surface area contributed by atoms with Crippen LogP contribution in [0.4, 0.5) is 0 Å². The molecule has 1 N–H and O–H groups in total. The van der Waals surface area contributed by atoms with E-state index in [1.165, 1.54) is 12.8 Å². The van der Waals surface area contributed by atoms with Gasteiger partial charge < -0.3 is 14.4 Å². The highest BCUT2D eigenvalue weighted by molar-refractivity contribution is 5.55. The first-order valence-electron chi connectivity index (χ1n) is 8.12. The second kappa shape index (κ2) is 7.57. The summed E-state index contributed by atoms with van der Waals surface area (Å²) in [6.07, 6.45) is 4.34. The minimum atomic E-state index is 0.224. The highest BCUT2D eigenvalue weighted by atomic mass is 16.5. The molecule has 0 bridgehead atoms. The lowest BCUT2D eigenvalue weighted by Crippen LogP contribution is -2.39. The van der Waals surface area contributed by atoms with Gasteiger partial charge in [0.1, 0.15) is 5.75 Å². The van der Waals surface area contributed by atoms with Gasteiger partial charge >= 0.3 is 0 Å². The van der Waals surface area contributed by atoms with Gasteiger partial charge in [-0.2, -0.15) is 4.98 Å². The third-order valence-electron chi connectivity index (χ3n) is 4.37. The third kappa shape index (κ3) is 3.89. The van der Waals surface area contributed by atoms with Gasteiger partial charge in [-0.25, -0.2) is 0 Å². The molecule has 3 rings (SSSR count). The molecule has 0 aliphatic carbocycles. The van der Waals surface area contributed by atoms with Crippen LogP contribution in [0.25, 0.3) is 11.4 Å². The summed E-state index contributed by atoms with van der Waals surface area (Å²) in [6.45, 7) is 1.89. The zero-order chi connectivity index (χ0) is 16.1. The maximum atomic E-state index is 9.21. The SMILES string of the molecule is COc1ccc(-c2noc(CN3CCCC[C@H]3CCO)n2)cc1. The summed E-state index contributed by atoms with van der Waals surface area (Å²) < 4.78 is 10.6. The zero-order valence-corrected chi connectivity index (χ0v) is 13.4. The standard InChI is InChI=1S/C17H23N3O3/c1-22-15-7-5-13(6-8-15)17-18-16(23-19-17)12-20-10-3-2-4-14(20)9-11-21/h5-8,14,21H,2-4,9-12H2,1H3/t14-/m0/s1. The summed E-state index contributed by atoms with van der Waals surface area (Å²) >= 11 is 0. The van der Waals surface area contributed by atoms with E-state index in [2.05, 4.69) is 15.0 Å². The Balaban J connectivity index is 1.68. The van der Waals surface area contributed by atoms with Crippen molar-refractivity contribution >= 4 is 0 Å². The molecule has 1 aliphatic rings. The highest BCUT2D eigenvalue weighted by Gasteiger charge is 2.24. The van der Waals surface area contributed by atoms with Crippen molar-refractivity contribution in [2.45, 2.75) is 38.3 Å². The number of aliphatic hydroxyl groups excluding tert-OH is 1. The number of hydrogen-bond acceptors (Lipinski definition) is 6. The van der Waals surface area contributed by atoms with Crippen LogP contribution in [0.3, 0.4) is 0 Å². The van der Waals surface area contributed by atoms with Crippen LogP contribution in [-0.2, 0) is 6.54 Å². The average Bonchev–Trinajstić information content (AvgIpc) is 3.05. The van der Waals surface area contributed by atoms with E-state index in [-0.39, 0.29) is 6.61 Å². The van der Waals surface area contributed by atoms with Crippen LogP contribution < -0.4 is 4.74 Å². The molecule has 0 unspecified atom stereocenters. The molecular formula is C17H23N3O3. The molecule has 0 spiro atoms. The van der Waals surface area contributed by atoms with E-state index >= 15 is 0 Å². The van der Waals surface area contributed by atoms with Crippen molar-refractivity contribution in [3.05, 3.63) is 30.2 Å². The number of piperidine rings is 1. The molecule has 6 heteroatoms. The maximum Gasteiger partial charge on any atom is 0.241 e. The van der Waals surface area contributed by atoms with E-state index in [9.17, 15) is 5.11 Å². The number of hydrogen-bond donors (Lipinski definition) is 1. The van der Waals surface area contributed by atoms with E-state index in [1.807, 2.05) is 24.3 Å². The molecule has 2 heterocycles. The highest BCUT2D eigenvalue weighted by Crippen LogP contribution is 2.23. The van der Waals surface area contributed by atoms with Crippen molar-refractivity contribution in [3.63, 3.8) is 0 Å². The van der Waals surface area contributed by atoms with Gasteiger partial charge in [0.15, 0.2) is 0 Å². The Labute approximate surface area is 136 Å². The van der Waals surface area contributed by atoms with Gasteiger partial charge in [0.25, 0.3) is 0 Å². The van der Waals surface area contributed by atoms with Crippen LogP contribution in [0.5, 0.6) is 5.75 Å². The molecule has 1 atom stereocenters. The second-order valence-electron chi connectivity index (χ2n) is 5.87.